The third-order valence-corrected chi connectivity index (χ3v) is 6.68. The second kappa shape index (κ2) is 9.61. The molecule has 5 rings (SSSR count). The normalized spacial score (nSPS) is 17.0. The summed E-state index contributed by atoms with van der Waals surface area (Å²) in [6.45, 7) is -0.593. The largest absolute Gasteiger partial charge is 0.475 e. The lowest BCUT2D eigenvalue weighted by atomic mass is 9.96. The Balaban J connectivity index is 1.56. The van der Waals surface area contributed by atoms with Gasteiger partial charge in [-0.2, -0.15) is 26.3 Å². The summed E-state index contributed by atoms with van der Waals surface area (Å²) in [6, 6.07) is 11.6. The van der Waals surface area contributed by atoms with E-state index in [0.717, 1.165) is 12.8 Å². The quantitative estimate of drug-likeness (QED) is 0.394. The van der Waals surface area contributed by atoms with E-state index in [1.807, 2.05) is 0 Å². The zero-order valence-corrected chi connectivity index (χ0v) is 19.9. The minimum absolute atomic E-state index is 0.0463. The van der Waals surface area contributed by atoms with Crippen molar-refractivity contribution < 1.29 is 35.9 Å². The van der Waals surface area contributed by atoms with Crippen molar-refractivity contribution in [2.24, 2.45) is 11.7 Å². The van der Waals surface area contributed by atoms with Gasteiger partial charge in [0.05, 0.1) is 29.4 Å². The van der Waals surface area contributed by atoms with E-state index in [9.17, 15) is 31.1 Å². The Morgan fingerprint density at radius 3 is 2.18 bits per heavy atom. The van der Waals surface area contributed by atoms with Gasteiger partial charge in [-0.15, -0.1) is 0 Å². The number of ether oxygens (including phenoxy) is 1. The minimum atomic E-state index is -4.99. The standard InChI is InChI=1S/C27H23F6N3O2/c28-26(29,30)18-10-15(11-19(12-18)27(31,32)33)14-36-8-9-38-24-22(25(36)37)20(16-4-2-1-3-5-16)13-21(35-24)23(34)17-6-7-17/h1-5,10-13,17,23H,6-9,14,34H2. The van der Waals surface area contributed by atoms with E-state index in [4.69, 9.17) is 10.5 Å². The molecule has 1 saturated carbocycles. The molecular weight excluding hydrogens is 512 g/mol. The van der Waals surface area contributed by atoms with E-state index in [1.165, 1.54) is 4.90 Å². The minimum Gasteiger partial charge on any atom is -0.475 e. The molecule has 1 atom stereocenters. The Kier molecular flexibility index (Phi) is 6.58. The van der Waals surface area contributed by atoms with Crippen molar-refractivity contribution in [1.82, 2.24) is 9.88 Å². The summed E-state index contributed by atoms with van der Waals surface area (Å²) in [5.74, 6) is -0.294. The van der Waals surface area contributed by atoms with Crippen LogP contribution < -0.4 is 10.5 Å². The molecular formula is C27H23F6N3O2. The molecule has 2 aliphatic rings. The average Bonchev–Trinajstić information content (AvgIpc) is 3.72. The summed E-state index contributed by atoms with van der Waals surface area (Å²) in [5.41, 5.74) is 5.01. The van der Waals surface area contributed by atoms with Gasteiger partial charge in [0, 0.05) is 12.1 Å². The second-order valence-electron chi connectivity index (χ2n) is 9.49. The summed E-state index contributed by atoms with van der Waals surface area (Å²) >= 11 is 0. The molecule has 1 amide bonds. The van der Waals surface area contributed by atoms with Crippen LogP contribution in [0, 0.1) is 5.92 Å². The van der Waals surface area contributed by atoms with Crippen LogP contribution in [0.3, 0.4) is 0 Å². The average molecular weight is 535 g/mol. The fourth-order valence-electron chi connectivity index (χ4n) is 4.56. The number of hydrogen-bond acceptors (Lipinski definition) is 4. The zero-order valence-electron chi connectivity index (χ0n) is 19.9. The van der Waals surface area contributed by atoms with Crippen molar-refractivity contribution >= 4 is 5.91 Å². The summed E-state index contributed by atoms with van der Waals surface area (Å²) in [5, 5.41) is 0. The highest BCUT2D eigenvalue weighted by molar-refractivity contribution is 6.03. The lowest BCUT2D eigenvalue weighted by molar-refractivity contribution is -0.143. The first-order chi connectivity index (χ1) is 17.9. The SMILES string of the molecule is NC(c1cc(-c2ccccc2)c2c(n1)OCCN(Cc1cc(C(F)(F)F)cc(C(F)(F)F)c1)C2=O)C1CC1. The number of carbonyl (C=O) groups is 1. The molecule has 0 spiro atoms. The van der Waals surface area contributed by atoms with Crippen molar-refractivity contribution in [3.8, 4) is 17.0 Å². The van der Waals surface area contributed by atoms with Crippen molar-refractivity contribution in [1.29, 1.82) is 0 Å². The number of pyridine rings is 1. The molecule has 1 aliphatic carbocycles. The van der Waals surface area contributed by atoms with Crippen LogP contribution in [0.15, 0.2) is 54.6 Å². The van der Waals surface area contributed by atoms with Gasteiger partial charge >= 0.3 is 12.4 Å². The first-order valence-corrected chi connectivity index (χ1v) is 12.0. The Bertz CT molecular complexity index is 1320. The van der Waals surface area contributed by atoms with Crippen LogP contribution in [-0.2, 0) is 18.9 Å². The number of carbonyl (C=O) groups excluding carboxylic acids is 1. The molecule has 0 saturated heterocycles. The number of benzene rings is 2. The van der Waals surface area contributed by atoms with Crippen LogP contribution in [0.1, 0.15) is 51.6 Å². The molecule has 11 heteroatoms. The van der Waals surface area contributed by atoms with Crippen molar-refractivity contribution in [2.45, 2.75) is 37.8 Å². The van der Waals surface area contributed by atoms with Crippen LogP contribution >= 0.6 is 0 Å². The number of alkyl halides is 6. The van der Waals surface area contributed by atoms with Crippen molar-refractivity contribution in [2.75, 3.05) is 13.2 Å². The van der Waals surface area contributed by atoms with Crippen LogP contribution in [-0.4, -0.2) is 28.9 Å². The summed E-state index contributed by atoms with van der Waals surface area (Å²) in [6.07, 6.45) is -8.05. The number of halogens is 6. The zero-order chi connectivity index (χ0) is 27.2. The fraction of sp³-hybridized carbons (Fsp3) is 0.333. The number of amides is 1. The van der Waals surface area contributed by atoms with Crippen molar-refractivity contribution in [3.63, 3.8) is 0 Å². The Morgan fingerprint density at radius 2 is 1.61 bits per heavy atom. The van der Waals surface area contributed by atoms with Crippen LogP contribution in [0.4, 0.5) is 26.3 Å². The number of aromatic nitrogens is 1. The molecule has 0 bridgehead atoms. The topological polar surface area (TPSA) is 68.5 Å². The molecule has 38 heavy (non-hydrogen) atoms. The summed E-state index contributed by atoms with van der Waals surface area (Å²) < 4.78 is 86.0. The summed E-state index contributed by atoms with van der Waals surface area (Å²) in [4.78, 5) is 19.4. The second-order valence-corrected chi connectivity index (χ2v) is 9.49. The van der Waals surface area contributed by atoms with E-state index < -0.39 is 35.9 Å². The predicted octanol–water partition coefficient (Wildman–Crippen LogP) is 6.23. The van der Waals surface area contributed by atoms with Gasteiger partial charge < -0.3 is 15.4 Å². The van der Waals surface area contributed by atoms with Crippen LogP contribution in [0.2, 0.25) is 0 Å². The van der Waals surface area contributed by atoms with Crippen LogP contribution in [0.5, 0.6) is 5.88 Å². The molecule has 2 aromatic carbocycles. The lowest BCUT2D eigenvalue weighted by Gasteiger charge is -2.23. The molecule has 1 fully saturated rings. The number of fused-ring (bicyclic) bond motifs is 1. The van der Waals surface area contributed by atoms with Gasteiger partial charge in [0.25, 0.3) is 5.91 Å². The smallest absolute Gasteiger partial charge is 0.416 e. The Hall–Kier alpha value is -3.60. The molecule has 1 aromatic heterocycles. The predicted molar refractivity (Wildman–Crippen MR) is 126 cm³/mol. The van der Waals surface area contributed by atoms with Gasteiger partial charge in [0.2, 0.25) is 5.88 Å². The first kappa shape index (κ1) is 26.0. The van der Waals surface area contributed by atoms with Crippen LogP contribution in [0.25, 0.3) is 11.1 Å². The number of hydrogen-bond donors (Lipinski definition) is 1. The summed E-state index contributed by atoms with van der Waals surface area (Å²) in [7, 11) is 0. The molecule has 0 radical (unpaired) electrons. The fourth-order valence-corrected chi connectivity index (χ4v) is 4.56. The third kappa shape index (κ3) is 5.33. The molecule has 3 aromatic rings. The van der Waals surface area contributed by atoms with E-state index in [0.29, 0.717) is 29.0 Å². The molecule has 5 nitrogen and oxygen atoms in total. The highest BCUT2D eigenvalue weighted by Gasteiger charge is 2.38. The molecule has 200 valence electrons. The van der Waals surface area contributed by atoms with Gasteiger partial charge in [0.1, 0.15) is 12.2 Å². The van der Waals surface area contributed by atoms with E-state index in [2.05, 4.69) is 4.98 Å². The molecule has 1 aliphatic heterocycles. The highest BCUT2D eigenvalue weighted by Crippen LogP contribution is 2.42. The molecule has 2 heterocycles. The van der Waals surface area contributed by atoms with Gasteiger partial charge in [-0.1, -0.05) is 30.3 Å². The number of nitrogens with two attached hydrogens (primary N) is 1. The van der Waals surface area contributed by atoms with E-state index in [1.54, 1.807) is 36.4 Å². The lowest BCUT2D eigenvalue weighted by Crippen LogP contribution is -2.32. The van der Waals surface area contributed by atoms with Gasteiger partial charge in [-0.05, 0) is 54.2 Å². The van der Waals surface area contributed by atoms with Gasteiger partial charge in [0.15, 0.2) is 0 Å². The maximum absolute atomic E-state index is 13.8. The van der Waals surface area contributed by atoms with E-state index >= 15 is 0 Å². The Labute approximate surface area is 214 Å². The highest BCUT2D eigenvalue weighted by atomic mass is 19.4. The van der Waals surface area contributed by atoms with Gasteiger partial charge in [-0.3, -0.25) is 4.79 Å². The monoisotopic (exact) mass is 535 g/mol. The molecule has 1 unspecified atom stereocenters. The molecule has 2 N–H and O–H groups in total. The maximum Gasteiger partial charge on any atom is 0.416 e. The third-order valence-electron chi connectivity index (χ3n) is 6.68. The first-order valence-electron chi connectivity index (χ1n) is 12.0. The van der Waals surface area contributed by atoms with E-state index in [-0.39, 0.29) is 48.2 Å². The van der Waals surface area contributed by atoms with Crippen molar-refractivity contribution in [3.05, 3.63) is 82.5 Å². The maximum atomic E-state index is 13.8. The Morgan fingerprint density at radius 1 is 0.974 bits per heavy atom. The van der Waals surface area contributed by atoms with Gasteiger partial charge in [-0.25, -0.2) is 4.98 Å². The number of nitrogens with zero attached hydrogens (tertiary/aromatic N) is 2. The number of rotatable bonds is 5.